The first kappa shape index (κ1) is 20.0. The number of aromatic nitrogens is 1. The van der Waals surface area contributed by atoms with E-state index in [1.165, 1.54) is 26.2 Å². The van der Waals surface area contributed by atoms with Crippen molar-refractivity contribution >= 4 is 20.7 Å². The number of hydrogen-bond acceptors (Lipinski definition) is 4. The Morgan fingerprint density at radius 2 is 1.63 bits per heavy atom. The molecule has 0 aliphatic carbocycles. The first-order valence-corrected chi connectivity index (χ1v) is 10.5. The van der Waals surface area contributed by atoms with E-state index in [4.69, 9.17) is 4.74 Å². The Hall–Kier alpha value is -3.32. The molecule has 30 heavy (non-hydrogen) atoms. The van der Waals surface area contributed by atoms with Crippen molar-refractivity contribution in [3.63, 3.8) is 0 Å². The number of methoxy groups -OCH3 is 1. The minimum absolute atomic E-state index is 0.168. The number of aryl methyl sites for hydroxylation is 1. The topological polar surface area (TPSA) is 56.3 Å². The van der Waals surface area contributed by atoms with Gasteiger partial charge in [0.2, 0.25) is 15.8 Å². The summed E-state index contributed by atoms with van der Waals surface area (Å²) in [5.41, 5.74) is 1.25. The number of para-hydroxylation sites is 1. The highest BCUT2D eigenvalue weighted by Gasteiger charge is 2.30. The highest BCUT2D eigenvalue weighted by Crippen LogP contribution is 2.38. The van der Waals surface area contributed by atoms with Crippen LogP contribution < -0.4 is 4.74 Å². The average molecular weight is 425 g/mol. The summed E-state index contributed by atoms with van der Waals surface area (Å²) in [5.74, 6) is -1.25. The van der Waals surface area contributed by atoms with E-state index in [0.29, 0.717) is 27.8 Å². The van der Waals surface area contributed by atoms with Crippen molar-refractivity contribution in [3.05, 3.63) is 84.1 Å². The van der Waals surface area contributed by atoms with Gasteiger partial charge in [-0.25, -0.2) is 17.8 Å². The molecule has 0 bridgehead atoms. The Balaban J connectivity index is 2.08. The van der Waals surface area contributed by atoms with Gasteiger partial charge in [0.05, 0.1) is 17.5 Å². The van der Waals surface area contributed by atoms with Gasteiger partial charge in [0, 0.05) is 10.9 Å². The molecular formula is C23H17F2NO3S. The van der Waals surface area contributed by atoms with Gasteiger partial charge in [0.1, 0.15) is 16.5 Å². The molecule has 0 atom stereocenters. The molecule has 152 valence electrons. The molecule has 1 aromatic heterocycles. The van der Waals surface area contributed by atoms with Gasteiger partial charge in [-0.2, -0.15) is 4.39 Å². The monoisotopic (exact) mass is 425 g/mol. The maximum atomic E-state index is 15.2. The lowest BCUT2D eigenvalue weighted by Gasteiger charge is -2.15. The zero-order valence-electron chi connectivity index (χ0n) is 16.2. The molecule has 0 N–H and O–H groups in total. The van der Waals surface area contributed by atoms with E-state index in [9.17, 15) is 12.8 Å². The SMILES string of the molecule is COc1ccc(-c2c(S(=O)(=O)c3ccc(C)c(F)c3)c(F)nc3ccccc23)cc1. The summed E-state index contributed by atoms with van der Waals surface area (Å²) in [7, 11) is -2.89. The van der Waals surface area contributed by atoms with Crippen molar-refractivity contribution in [1.29, 1.82) is 0 Å². The summed E-state index contributed by atoms with van der Waals surface area (Å²) in [4.78, 5) is 2.94. The summed E-state index contributed by atoms with van der Waals surface area (Å²) < 4.78 is 61.2. The Morgan fingerprint density at radius 1 is 0.933 bits per heavy atom. The van der Waals surface area contributed by atoms with Crippen LogP contribution in [-0.2, 0) is 9.84 Å². The smallest absolute Gasteiger partial charge is 0.233 e. The molecule has 0 saturated carbocycles. The number of hydrogen-bond donors (Lipinski definition) is 0. The van der Waals surface area contributed by atoms with Crippen molar-refractivity contribution in [2.75, 3.05) is 7.11 Å². The molecule has 0 saturated heterocycles. The average Bonchev–Trinajstić information content (AvgIpc) is 2.74. The lowest BCUT2D eigenvalue weighted by Crippen LogP contribution is -2.10. The van der Waals surface area contributed by atoms with Crippen LogP contribution >= 0.6 is 0 Å². The number of sulfone groups is 1. The summed E-state index contributed by atoms with van der Waals surface area (Å²) >= 11 is 0. The predicted octanol–water partition coefficient (Wildman–Crippen LogP) is 5.33. The standard InChI is InChI=1S/C23H17F2NO3S/c1-14-7-12-17(13-19(14)24)30(27,28)22-21(15-8-10-16(29-2)11-9-15)18-5-3-4-6-20(18)26-23(22)25/h3-13H,1-2H3. The molecule has 4 rings (SSSR count). The highest BCUT2D eigenvalue weighted by atomic mass is 32.2. The number of nitrogens with zero attached hydrogens (tertiary/aromatic N) is 1. The van der Waals surface area contributed by atoms with Gasteiger partial charge in [0.25, 0.3) is 0 Å². The van der Waals surface area contributed by atoms with Crippen LogP contribution in [0, 0.1) is 18.7 Å². The summed E-state index contributed by atoms with van der Waals surface area (Å²) in [6.45, 7) is 1.52. The molecule has 0 aliphatic heterocycles. The molecule has 0 radical (unpaired) electrons. The van der Waals surface area contributed by atoms with Gasteiger partial charge >= 0.3 is 0 Å². The summed E-state index contributed by atoms with van der Waals surface area (Å²) in [5, 5.41) is 0.468. The molecule has 7 heteroatoms. The second-order valence-electron chi connectivity index (χ2n) is 6.77. The molecule has 3 aromatic carbocycles. The van der Waals surface area contributed by atoms with Crippen LogP contribution in [0.15, 0.2) is 76.5 Å². The van der Waals surface area contributed by atoms with E-state index in [0.717, 1.165) is 6.07 Å². The van der Waals surface area contributed by atoms with Crippen molar-refractivity contribution in [2.45, 2.75) is 16.7 Å². The van der Waals surface area contributed by atoms with Crippen LogP contribution in [0.3, 0.4) is 0 Å². The number of ether oxygens (including phenoxy) is 1. The third kappa shape index (κ3) is 3.31. The van der Waals surface area contributed by atoms with Gasteiger partial charge in [-0.1, -0.05) is 36.4 Å². The molecule has 0 aliphatic rings. The molecule has 0 fully saturated rings. The third-order valence-corrected chi connectivity index (χ3v) is 6.69. The van der Waals surface area contributed by atoms with Gasteiger partial charge in [-0.3, -0.25) is 0 Å². The zero-order valence-corrected chi connectivity index (χ0v) is 17.0. The van der Waals surface area contributed by atoms with Crippen LogP contribution in [0.2, 0.25) is 0 Å². The van der Waals surface area contributed by atoms with E-state index >= 15 is 4.39 Å². The number of fused-ring (bicyclic) bond motifs is 1. The van der Waals surface area contributed by atoms with E-state index < -0.39 is 26.5 Å². The highest BCUT2D eigenvalue weighted by molar-refractivity contribution is 7.91. The minimum atomic E-state index is -4.40. The van der Waals surface area contributed by atoms with Crippen molar-refractivity contribution in [3.8, 4) is 16.9 Å². The normalized spacial score (nSPS) is 11.6. The zero-order chi connectivity index (χ0) is 21.5. The van der Waals surface area contributed by atoms with Crippen LogP contribution in [0.5, 0.6) is 5.75 Å². The molecule has 4 nitrogen and oxygen atoms in total. The van der Waals surface area contributed by atoms with Crippen LogP contribution in [0.4, 0.5) is 8.78 Å². The number of rotatable bonds is 4. The largest absolute Gasteiger partial charge is 0.497 e. The van der Waals surface area contributed by atoms with Gasteiger partial charge in [-0.15, -0.1) is 0 Å². The fourth-order valence-electron chi connectivity index (χ4n) is 3.31. The quantitative estimate of drug-likeness (QED) is 0.415. The van der Waals surface area contributed by atoms with Crippen LogP contribution in [-0.4, -0.2) is 20.5 Å². The van der Waals surface area contributed by atoms with Crippen molar-refractivity contribution < 1.29 is 21.9 Å². The maximum Gasteiger partial charge on any atom is 0.233 e. The maximum absolute atomic E-state index is 15.2. The van der Waals surface area contributed by atoms with E-state index in [1.54, 1.807) is 48.5 Å². The Morgan fingerprint density at radius 3 is 2.30 bits per heavy atom. The van der Waals surface area contributed by atoms with Crippen LogP contribution in [0.25, 0.3) is 22.0 Å². The van der Waals surface area contributed by atoms with E-state index in [1.807, 2.05) is 0 Å². The van der Waals surface area contributed by atoms with Crippen LogP contribution in [0.1, 0.15) is 5.56 Å². The Bertz CT molecular complexity index is 1370. The first-order chi connectivity index (χ1) is 14.3. The van der Waals surface area contributed by atoms with Crippen molar-refractivity contribution in [1.82, 2.24) is 4.98 Å². The predicted molar refractivity (Wildman–Crippen MR) is 110 cm³/mol. The second-order valence-corrected chi connectivity index (χ2v) is 8.65. The summed E-state index contributed by atoms with van der Waals surface area (Å²) in [6, 6.07) is 16.8. The second kappa shape index (κ2) is 7.50. The molecule has 0 spiro atoms. The van der Waals surface area contributed by atoms with Gasteiger partial charge in [-0.05, 0) is 48.4 Å². The third-order valence-electron chi connectivity index (χ3n) is 4.91. The van der Waals surface area contributed by atoms with Gasteiger partial charge in [0.15, 0.2) is 0 Å². The van der Waals surface area contributed by atoms with E-state index in [-0.39, 0.29) is 10.5 Å². The summed E-state index contributed by atoms with van der Waals surface area (Å²) in [6.07, 6.45) is 0. The fourth-order valence-corrected chi connectivity index (χ4v) is 4.82. The number of pyridine rings is 1. The molecule has 1 heterocycles. The lowest BCUT2D eigenvalue weighted by molar-refractivity contribution is 0.415. The molecule has 0 unspecified atom stereocenters. The Kier molecular flexibility index (Phi) is 4.99. The van der Waals surface area contributed by atoms with E-state index in [2.05, 4.69) is 4.98 Å². The molecule has 0 amide bonds. The molecular weight excluding hydrogens is 408 g/mol. The minimum Gasteiger partial charge on any atom is -0.497 e. The lowest BCUT2D eigenvalue weighted by atomic mass is 10.0. The van der Waals surface area contributed by atoms with Crippen molar-refractivity contribution in [2.24, 2.45) is 0 Å². The number of benzene rings is 3. The van der Waals surface area contributed by atoms with Gasteiger partial charge < -0.3 is 4.74 Å². The molecule has 4 aromatic rings. The number of halogens is 2. The first-order valence-electron chi connectivity index (χ1n) is 9.07. The Labute approximate surface area is 172 Å². The fraction of sp³-hybridized carbons (Fsp3) is 0.0870.